The van der Waals surface area contributed by atoms with Gasteiger partial charge in [0.25, 0.3) is 0 Å². The summed E-state index contributed by atoms with van der Waals surface area (Å²) in [6.07, 6.45) is 1.55. The number of hydrogen-bond donors (Lipinski definition) is 0. The van der Waals surface area contributed by atoms with Crippen LogP contribution in [0.2, 0.25) is 0 Å². The maximum Gasteiger partial charge on any atom is 0.346 e. The molecular weight excluding hydrogens is 403 g/mol. The molecule has 0 amide bonds. The van der Waals surface area contributed by atoms with Gasteiger partial charge in [-0.2, -0.15) is 0 Å². The average molecular weight is 420 g/mol. The van der Waals surface area contributed by atoms with E-state index in [-0.39, 0.29) is 28.6 Å². The summed E-state index contributed by atoms with van der Waals surface area (Å²) in [5, 5.41) is 0. The van der Waals surface area contributed by atoms with Crippen LogP contribution in [0.5, 0.6) is 23.0 Å². The molecule has 0 spiro atoms. The molecule has 1 heterocycles. The van der Waals surface area contributed by atoms with Gasteiger partial charge in [-0.1, -0.05) is 12.1 Å². The normalized spacial score (nSPS) is 13.5. The van der Waals surface area contributed by atoms with Crippen LogP contribution in [0.1, 0.15) is 26.3 Å². The fourth-order valence-electron chi connectivity index (χ4n) is 3.11. The number of ether oxygens (including phenoxy) is 4. The van der Waals surface area contributed by atoms with Crippen LogP contribution in [0.15, 0.2) is 66.4 Å². The molecule has 156 valence electrons. The minimum atomic E-state index is -0.848. The van der Waals surface area contributed by atoms with Gasteiger partial charge in [-0.15, -0.1) is 0 Å². The monoisotopic (exact) mass is 420 g/mol. The fraction of sp³-hybridized carbons (Fsp3) is 0.0833. The number of ketones is 1. The van der Waals surface area contributed by atoms with Gasteiger partial charge in [0.2, 0.25) is 5.78 Å². The van der Waals surface area contributed by atoms with Gasteiger partial charge in [-0.3, -0.25) is 4.79 Å². The van der Waals surface area contributed by atoms with E-state index < -0.39 is 11.8 Å². The second-order valence-electron chi connectivity index (χ2n) is 6.57. The number of halogens is 1. The maximum atomic E-state index is 13.8. The zero-order chi connectivity index (χ0) is 22.0. The molecule has 4 rings (SSSR count). The van der Waals surface area contributed by atoms with E-state index in [2.05, 4.69) is 0 Å². The van der Waals surface area contributed by atoms with Gasteiger partial charge in [-0.05, 0) is 48.5 Å². The summed E-state index contributed by atoms with van der Waals surface area (Å²) in [5.74, 6) is -0.280. The van der Waals surface area contributed by atoms with Crippen LogP contribution in [-0.4, -0.2) is 26.0 Å². The molecule has 0 saturated carbocycles. The Labute approximate surface area is 177 Å². The standard InChI is InChI=1S/C24H17FO6/c1-28-15-8-10-20(29-2)14(11-15)12-22-23(26)18-9-7-16(13-21(18)31-22)30-24(27)17-5-3-4-6-19(17)25/h3-13H,1-2H3. The number of benzene rings is 3. The molecule has 3 aromatic carbocycles. The number of allylic oxidation sites excluding steroid dienone is 1. The highest BCUT2D eigenvalue weighted by Crippen LogP contribution is 2.36. The highest BCUT2D eigenvalue weighted by molar-refractivity contribution is 6.14. The molecule has 1 aliphatic heterocycles. The van der Waals surface area contributed by atoms with Crippen molar-refractivity contribution in [3.63, 3.8) is 0 Å². The van der Waals surface area contributed by atoms with Crippen LogP contribution in [0.3, 0.4) is 0 Å². The summed E-state index contributed by atoms with van der Waals surface area (Å²) < 4.78 is 35.3. The van der Waals surface area contributed by atoms with Crippen molar-refractivity contribution in [3.05, 3.63) is 88.9 Å². The molecule has 0 N–H and O–H groups in total. The predicted molar refractivity (Wildman–Crippen MR) is 110 cm³/mol. The molecule has 31 heavy (non-hydrogen) atoms. The fourth-order valence-corrected chi connectivity index (χ4v) is 3.11. The van der Waals surface area contributed by atoms with Crippen LogP contribution >= 0.6 is 0 Å². The van der Waals surface area contributed by atoms with Crippen molar-refractivity contribution in [1.82, 2.24) is 0 Å². The summed E-state index contributed by atoms with van der Waals surface area (Å²) in [5.41, 5.74) is 0.730. The van der Waals surface area contributed by atoms with Crippen molar-refractivity contribution >= 4 is 17.8 Å². The zero-order valence-electron chi connectivity index (χ0n) is 16.7. The first-order valence-electron chi connectivity index (χ1n) is 9.27. The van der Waals surface area contributed by atoms with Crippen LogP contribution < -0.4 is 18.9 Å². The first-order chi connectivity index (χ1) is 15.0. The second-order valence-corrected chi connectivity index (χ2v) is 6.57. The van der Waals surface area contributed by atoms with Gasteiger partial charge in [0, 0.05) is 11.6 Å². The number of methoxy groups -OCH3 is 2. The Morgan fingerprint density at radius 1 is 0.968 bits per heavy atom. The molecule has 0 bridgehead atoms. The third-order valence-corrected chi connectivity index (χ3v) is 4.67. The lowest BCUT2D eigenvalue weighted by Crippen LogP contribution is -2.10. The number of fused-ring (bicyclic) bond motifs is 1. The van der Waals surface area contributed by atoms with Crippen LogP contribution in [0, 0.1) is 5.82 Å². The third-order valence-electron chi connectivity index (χ3n) is 4.67. The van der Waals surface area contributed by atoms with E-state index in [1.54, 1.807) is 24.3 Å². The van der Waals surface area contributed by atoms with Gasteiger partial charge < -0.3 is 18.9 Å². The molecule has 0 fully saturated rings. The molecule has 7 heteroatoms. The second kappa shape index (κ2) is 8.31. The summed E-state index contributed by atoms with van der Waals surface area (Å²) >= 11 is 0. The number of esters is 1. The first-order valence-corrected chi connectivity index (χ1v) is 9.27. The summed E-state index contributed by atoms with van der Waals surface area (Å²) in [6.45, 7) is 0. The number of carbonyl (C=O) groups excluding carboxylic acids is 2. The highest BCUT2D eigenvalue weighted by atomic mass is 19.1. The smallest absolute Gasteiger partial charge is 0.346 e. The lowest BCUT2D eigenvalue weighted by molar-refractivity contribution is 0.0729. The zero-order valence-corrected chi connectivity index (χ0v) is 16.7. The van der Waals surface area contributed by atoms with Gasteiger partial charge in [0.1, 0.15) is 28.8 Å². The van der Waals surface area contributed by atoms with E-state index in [0.717, 1.165) is 0 Å². The number of rotatable bonds is 5. The quantitative estimate of drug-likeness (QED) is 0.339. The minimum absolute atomic E-state index is 0.0825. The molecule has 0 saturated heterocycles. The third kappa shape index (κ3) is 3.98. The number of carbonyl (C=O) groups is 2. The molecule has 0 radical (unpaired) electrons. The lowest BCUT2D eigenvalue weighted by atomic mass is 10.1. The molecule has 0 aliphatic carbocycles. The summed E-state index contributed by atoms with van der Waals surface area (Å²) in [4.78, 5) is 25.0. The SMILES string of the molecule is COc1ccc(OC)c(C=C2Oc3cc(OC(=O)c4ccccc4F)ccc3C2=O)c1. The van der Waals surface area contributed by atoms with Crippen molar-refractivity contribution < 1.29 is 32.9 Å². The topological polar surface area (TPSA) is 71.1 Å². The van der Waals surface area contributed by atoms with Crippen LogP contribution in [0.25, 0.3) is 6.08 Å². The van der Waals surface area contributed by atoms with Gasteiger partial charge >= 0.3 is 5.97 Å². The Kier molecular flexibility index (Phi) is 5.41. The average Bonchev–Trinajstić information content (AvgIpc) is 3.08. The molecule has 3 aromatic rings. The van der Waals surface area contributed by atoms with E-state index in [1.165, 1.54) is 56.7 Å². The highest BCUT2D eigenvalue weighted by Gasteiger charge is 2.28. The van der Waals surface area contributed by atoms with E-state index >= 15 is 0 Å². The van der Waals surface area contributed by atoms with Crippen molar-refractivity contribution in [3.8, 4) is 23.0 Å². The van der Waals surface area contributed by atoms with E-state index in [4.69, 9.17) is 18.9 Å². The molecule has 0 atom stereocenters. The van der Waals surface area contributed by atoms with Crippen molar-refractivity contribution in [1.29, 1.82) is 0 Å². The van der Waals surface area contributed by atoms with E-state index in [0.29, 0.717) is 22.6 Å². The number of hydrogen-bond acceptors (Lipinski definition) is 6. The van der Waals surface area contributed by atoms with Crippen molar-refractivity contribution in [2.45, 2.75) is 0 Å². The summed E-state index contributed by atoms with van der Waals surface area (Å²) in [6, 6.07) is 15.0. The number of Topliss-reactive ketones (excluding diaryl/α,β-unsaturated/α-hetero) is 1. The molecule has 1 aliphatic rings. The Hall–Kier alpha value is -4.13. The first kappa shape index (κ1) is 20.2. The molecule has 6 nitrogen and oxygen atoms in total. The minimum Gasteiger partial charge on any atom is -0.497 e. The van der Waals surface area contributed by atoms with Gasteiger partial charge in [0.05, 0.1) is 25.3 Å². The van der Waals surface area contributed by atoms with Crippen molar-refractivity contribution in [2.24, 2.45) is 0 Å². The van der Waals surface area contributed by atoms with Crippen LogP contribution in [-0.2, 0) is 0 Å². The Morgan fingerprint density at radius 2 is 1.74 bits per heavy atom. The Bertz CT molecular complexity index is 1210. The summed E-state index contributed by atoms with van der Waals surface area (Å²) in [7, 11) is 3.06. The largest absolute Gasteiger partial charge is 0.497 e. The molecule has 0 unspecified atom stereocenters. The molecular formula is C24H17FO6. The van der Waals surface area contributed by atoms with E-state index in [9.17, 15) is 14.0 Å². The van der Waals surface area contributed by atoms with Crippen molar-refractivity contribution in [2.75, 3.05) is 14.2 Å². The van der Waals surface area contributed by atoms with E-state index in [1.807, 2.05) is 0 Å². The van der Waals surface area contributed by atoms with Gasteiger partial charge in [0.15, 0.2) is 5.76 Å². The predicted octanol–water partition coefficient (Wildman–Crippen LogP) is 4.68. The van der Waals surface area contributed by atoms with Crippen LogP contribution in [0.4, 0.5) is 4.39 Å². The lowest BCUT2D eigenvalue weighted by Gasteiger charge is -2.08. The van der Waals surface area contributed by atoms with Gasteiger partial charge in [-0.25, -0.2) is 9.18 Å². The Morgan fingerprint density at radius 3 is 2.48 bits per heavy atom. The maximum absolute atomic E-state index is 13.8. The molecule has 0 aromatic heterocycles. The Balaban J connectivity index is 1.60.